The van der Waals surface area contributed by atoms with Gasteiger partial charge in [-0.15, -0.1) is 0 Å². The molecule has 0 radical (unpaired) electrons. The molecule has 2 heterocycles. The normalized spacial score (nSPS) is 15.1. The fourth-order valence-corrected chi connectivity index (χ4v) is 2.96. The Labute approximate surface area is 142 Å². The number of benzene rings is 1. The van der Waals surface area contributed by atoms with Gasteiger partial charge in [-0.3, -0.25) is 0 Å². The van der Waals surface area contributed by atoms with E-state index in [1.54, 1.807) is 14.2 Å². The maximum Gasteiger partial charge on any atom is 0.162 e. The van der Waals surface area contributed by atoms with Gasteiger partial charge in [-0.05, 0) is 12.0 Å². The Morgan fingerprint density at radius 1 is 1.08 bits per heavy atom. The summed E-state index contributed by atoms with van der Waals surface area (Å²) in [6, 6.07) is 3.90. The molecule has 2 aromatic rings. The number of morpholine rings is 1. The van der Waals surface area contributed by atoms with E-state index < -0.39 is 0 Å². The van der Waals surface area contributed by atoms with Crippen molar-refractivity contribution in [3.8, 4) is 11.5 Å². The third-order valence-corrected chi connectivity index (χ3v) is 4.13. The molecule has 0 aliphatic carbocycles. The smallest absolute Gasteiger partial charge is 0.162 e. The first-order chi connectivity index (χ1) is 11.6. The second kappa shape index (κ2) is 7.21. The van der Waals surface area contributed by atoms with Gasteiger partial charge >= 0.3 is 0 Å². The van der Waals surface area contributed by atoms with Crippen LogP contribution in [0.4, 0.5) is 5.82 Å². The average molecular weight is 331 g/mol. The first-order valence-electron chi connectivity index (χ1n) is 8.37. The highest BCUT2D eigenvalue weighted by Crippen LogP contribution is 2.35. The molecule has 3 rings (SSSR count). The summed E-state index contributed by atoms with van der Waals surface area (Å²) in [6.45, 7) is 7.47. The largest absolute Gasteiger partial charge is 0.493 e. The minimum atomic E-state index is 0.500. The molecule has 6 heteroatoms. The Hall–Kier alpha value is -2.08. The van der Waals surface area contributed by atoms with Crippen molar-refractivity contribution in [3.05, 3.63) is 18.0 Å². The predicted octanol–water partition coefficient (Wildman–Crippen LogP) is 2.68. The first kappa shape index (κ1) is 16.8. The highest BCUT2D eigenvalue weighted by Gasteiger charge is 2.19. The zero-order valence-corrected chi connectivity index (χ0v) is 14.8. The summed E-state index contributed by atoms with van der Waals surface area (Å²) < 4.78 is 16.4. The number of nitrogens with zero attached hydrogens (tertiary/aromatic N) is 3. The SMILES string of the molecule is COc1cc2nc(CC(C)C)nc(N3CCOCC3)c2cc1OC. The summed E-state index contributed by atoms with van der Waals surface area (Å²) in [6.07, 6.45) is 0.849. The van der Waals surface area contributed by atoms with Gasteiger partial charge in [0.1, 0.15) is 11.6 Å². The lowest BCUT2D eigenvalue weighted by Gasteiger charge is -2.29. The van der Waals surface area contributed by atoms with Gasteiger partial charge in [-0.2, -0.15) is 0 Å². The third-order valence-electron chi connectivity index (χ3n) is 4.13. The van der Waals surface area contributed by atoms with Crippen LogP contribution in [0.25, 0.3) is 10.9 Å². The topological polar surface area (TPSA) is 56.7 Å². The van der Waals surface area contributed by atoms with Crippen molar-refractivity contribution < 1.29 is 14.2 Å². The average Bonchev–Trinajstić information content (AvgIpc) is 2.60. The van der Waals surface area contributed by atoms with Crippen molar-refractivity contribution in [1.29, 1.82) is 0 Å². The molecule has 0 atom stereocenters. The van der Waals surface area contributed by atoms with Gasteiger partial charge in [0.2, 0.25) is 0 Å². The van der Waals surface area contributed by atoms with Crippen LogP contribution in [0.3, 0.4) is 0 Å². The summed E-state index contributed by atoms with van der Waals surface area (Å²) in [5.74, 6) is 3.71. The molecular weight excluding hydrogens is 306 g/mol. The number of fused-ring (bicyclic) bond motifs is 1. The first-order valence-corrected chi connectivity index (χ1v) is 8.37. The van der Waals surface area contributed by atoms with Gasteiger partial charge < -0.3 is 19.1 Å². The van der Waals surface area contributed by atoms with Crippen LogP contribution in [0, 0.1) is 5.92 Å². The van der Waals surface area contributed by atoms with E-state index in [2.05, 4.69) is 18.7 Å². The van der Waals surface area contributed by atoms with Gasteiger partial charge in [0.15, 0.2) is 11.5 Å². The Morgan fingerprint density at radius 3 is 2.38 bits per heavy atom. The molecule has 0 amide bonds. The van der Waals surface area contributed by atoms with Crippen molar-refractivity contribution in [3.63, 3.8) is 0 Å². The van der Waals surface area contributed by atoms with Crippen molar-refractivity contribution in [2.75, 3.05) is 45.4 Å². The summed E-state index contributed by atoms with van der Waals surface area (Å²) in [4.78, 5) is 11.9. The molecular formula is C18H25N3O3. The summed E-state index contributed by atoms with van der Waals surface area (Å²) in [5.41, 5.74) is 0.889. The number of ether oxygens (including phenoxy) is 3. The van der Waals surface area contributed by atoms with Crippen LogP contribution >= 0.6 is 0 Å². The van der Waals surface area contributed by atoms with Crippen molar-refractivity contribution in [2.24, 2.45) is 5.92 Å². The van der Waals surface area contributed by atoms with Gasteiger partial charge in [-0.25, -0.2) is 9.97 Å². The highest BCUT2D eigenvalue weighted by atomic mass is 16.5. The van der Waals surface area contributed by atoms with E-state index in [1.807, 2.05) is 12.1 Å². The lowest BCUT2D eigenvalue weighted by atomic mass is 10.1. The van der Waals surface area contributed by atoms with E-state index in [4.69, 9.17) is 24.2 Å². The fraction of sp³-hybridized carbons (Fsp3) is 0.556. The van der Waals surface area contributed by atoms with Crippen LogP contribution in [0.2, 0.25) is 0 Å². The number of hydrogen-bond donors (Lipinski definition) is 0. The standard InChI is InChI=1S/C18H25N3O3/c1-12(2)9-17-19-14-11-16(23-4)15(22-3)10-13(14)18(20-17)21-5-7-24-8-6-21/h10-12H,5-9H2,1-4H3. The Balaban J connectivity index is 2.16. The number of anilines is 1. The monoisotopic (exact) mass is 331 g/mol. The molecule has 1 aliphatic rings. The van der Waals surface area contributed by atoms with E-state index in [0.717, 1.165) is 55.3 Å². The van der Waals surface area contributed by atoms with E-state index in [0.29, 0.717) is 17.4 Å². The Bertz CT molecular complexity index is 712. The molecule has 6 nitrogen and oxygen atoms in total. The number of rotatable bonds is 5. The molecule has 1 aromatic carbocycles. The summed E-state index contributed by atoms with van der Waals surface area (Å²) in [5, 5.41) is 0.988. The molecule has 0 spiro atoms. The van der Waals surface area contributed by atoms with Crippen LogP contribution in [0.15, 0.2) is 12.1 Å². The minimum absolute atomic E-state index is 0.500. The predicted molar refractivity (Wildman–Crippen MR) is 94.2 cm³/mol. The molecule has 0 unspecified atom stereocenters. The molecule has 130 valence electrons. The fourth-order valence-electron chi connectivity index (χ4n) is 2.96. The third kappa shape index (κ3) is 3.38. The maximum absolute atomic E-state index is 5.48. The van der Waals surface area contributed by atoms with Crippen molar-refractivity contribution in [1.82, 2.24) is 9.97 Å². The summed E-state index contributed by atoms with van der Waals surface area (Å²) >= 11 is 0. The van der Waals surface area contributed by atoms with Gasteiger partial charge in [-0.1, -0.05) is 13.8 Å². The second-order valence-corrected chi connectivity index (χ2v) is 6.39. The van der Waals surface area contributed by atoms with Crippen LogP contribution in [-0.2, 0) is 11.2 Å². The number of methoxy groups -OCH3 is 2. The molecule has 1 saturated heterocycles. The molecule has 0 N–H and O–H groups in total. The second-order valence-electron chi connectivity index (χ2n) is 6.39. The van der Waals surface area contributed by atoms with Crippen LogP contribution in [0.1, 0.15) is 19.7 Å². The Morgan fingerprint density at radius 2 is 1.75 bits per heavy atom. The van der Waals surface area contributed by atoms with E-state index in [1.165, 1.54) is 0 Å². The lowest BCUT2D eigenvalue weighted by Crippen LogP contribution is -2.37. The van der Waals surface area contributed by atoms with Crippen LogP contribution < -0.4 is 14.4 Å². The van der Waals surface area contributed by atoms with Crippen LogP contribution in [-0.4, -0.2) is 50.5 Å². The zero-order chi connectivity index (χ0) is 17.1. The van der Waals surface area contributed by atoms with E-state index in [-0.39, 0.29) is 0 Å². The van der Waals surface area contributed by atoms with Crippen molar-refractivity contribution in [2.45, 2.75) is 20.3 Å². The van der Waals surface area contributed by atoms with Gasteiger partial charge in [0, 0.05) is 31.0 Å². The van der Waals surface area contributed by atoms with E-state index in [9.17, 15) is 0 Å². The molecule has 1 aromatic heterocycles. The van der Waals surface area contributed by atoms with Gasteiger partial charge in [0.05, 0.1) is 33.0 Å². The minimum Gasteiger partial charge on any atom is -0.493 e. The zero-order valence-electron chi connectivity index (χ0n) is 14.8. The highest BCUT2D eigenvalue weighted by molar-refractivity contribution is 5.92. The maximum atomic E-state index is 5.48. The number of hydrogen-bond acceptors (Lipinski definition) is 6. The molecule has 1 fully saturated rings. The summed E-state index contributed by atoms with van der Waals surface area (Å²) in [7, 11) is 3.29. The van der Waals surface area contributed by atoms with Crippen molar-refractivity contribution >= 4 is 16.7 Å². The van der Waals surface area contributed by atoms with Crippen LogP contribution in [0.5, 0.6) is 11.5 Å². The van der Waals surface area contributed by atoms with E-state index >= 15 is 0 Å². The van der Waals surface area contributed by atoms with Gasteiger partial charge in [0.25, 0.3) is 0 Å². The quantitative estimate of drug-likeness (QED) is 0.839. The Kier molecular flexibility index (Phi) is 5.04. The molecule has 1 aliphatic heterocycles. The molecule has 0 bridgehead atoms. The molecule has 24 heavy (non-hydrogen) atoms. The number of aromatic nitrogens is 2. The molecule has 0 saturated carbocycles. The lowest BCUT2D eigenvalue weighted by molar-refractivity contribution is 0.122.